The molecule has 1 aromatic heterocycles. The first-order chi connectivity index (χ1) is 10.6. The first kappa shape index (κ1) is 14.1. The lowest BCUT2D eigenvalue weighted by Gasteiger charge is -2.21. The number of Topliss-reactive ketones (excluding diaryl/α,β-unsaturated/α-hetero) is 1. The highest BCUT2D eigenvalue weighted by molar-refractivity contribution is 6.10. The number of benzene rings is 1. The summed E-state index contributed by atoms with van der Waals surface area (Å²) in [6.45, 7) is 0.0348. The van der Waals surface area contributed by atoms with Crippen LogP contribution in [0.2, 0.25) is 0 Å². The van der Waals surface area contributed by atoms with Gasteiger partial charge in [-0.15, -0.1) is 6.42 Å². The third-order valence-electron chi connectivity index (χ3n) is 3.70. The number of furan rings is 1. The van der Waals surface area contributed by atoms with E-state index in [9.17, 15) is 14.7 Å². The zero-order chi connectivity index (χ0) is 15.7. The second kappa shape index (κ2) is 5.17. The molecule has 1 aromatic carbocycles. The maximum atomic E-state index is 12.6. The van der Waals surface area contributed by atoms with Crippen LogP contribution in [0.1, 0.15) is 22.5 Å². The van der Waals surface area contributed by atoms with Crippen molar-refractivity contribution in [2.24, 2.45) is 0 Å². The van der Waals surface area contributed by atoms with Gasteiger partial charge in [0.1, 0.15) is 0 Å². The lowest BCUT2D eigenvalue weighted by atomic mass is 9.89. The average Bonchev–Trinajstić information content (AvgIpc) is 3.11. The number of fused-ring (bicyclic) bond motifs is 1. The molecule has 1 aliphatic heterocycles. The van der Waals surface area contributed by atoms with Gasteiger partial charge in [-0.25, -0.2) is 0 Å². The molecule has 1 aliphatic rings. The summed E-state index contributed by atoms with van der Waals surface area (Å²) in [7, 11) is 0. The minimum absolute atomic E-state index is 0.0348. The third kappa shape index (κ3) is 2.01. The van der Waals surface area contributed by atoms with Gasteiger partial charge in [-0.3, -0.25) is 14.5 Å². The summed E-state index contributed by atoms with van der Waals surface area (Å²) < 4.78 is 5.03. The van der Waals surface area contributed by atoms with Crippen LogP contribution in [0.25, 0.3) is 0 Å². The van der Waals surface area contributed by atoms with Crippen LogP contribution in [-0.4, -0.2) is 23.3 Å². The number of ketones is 1. The van der Waals surface area contributed by atoms with Gasteiger partial charge < -0.3 is 9.52 Å². The smallest absolute Gasteiger partial charge is 0.265 e. The molecule has 0 saturated heterocycles. The second-order valence-corrected chi connectivity index (χ2v) is 5.05. The Hall–Kier alpha value is -2.84. The van der Waals surface area contributed by atoms with Gasteiger partial charge >= 0.3 is 0 Å². The van der Waals surface area contributed by atoms with Gasteiger partial charge in [0.2, 0.25) is 5.78 Å². The Morgan fingerprint density at radius 3 is 2.77 bits per heavy atom. The van der Waals surface area contributed by atoms with Crippen molar-refractivity contribution in [2.45, 2.75) is 12.0 Å². The summed E-state index contributed by atoms with van der Waals surface area (Å²) in [5, 5.41) is 10.9. The van der Waals surface area contributed by atoms with Gasteiger partial charge in [-0.2, -0.15) is 0 Å². The number of anilines is 1. The van der Waals surface area contributed by atoms with Gasteiger partial charge in [-0.05, 0) is 18.2 Å². The van der Waals surface area contributed by atoms with Crippen LogP contribution >= 0.6 is 0 Å². The molecular formula is C17H13NO4. The van der Waals surface area contributed by atoms with Crippen LogP contribution in [0, 0.1) is 12.3 Å². The summed E-state index contributed by atoms with van der Waals surface area (Å²) >= 11 is 0. The molecule has 5 heteroatoms. The number of rotatable bonds is 4. The first-order valence-corrected chi connectivity index (χ1v) is 6.72. The van der Waals surface area contributed by atoms with Gasteiger partial charge in [0, 0.05) is 5.56 Å². The fraction of sp³-hybridized carbons (Fsp3) is 0.176. The van der Waals surface area contributed by atoms with E-state index in [0.29, 0.717) is 11.3 Å². The lowest BCUT2D eigenvalue weighted by Crippen LogP contribution is -2.42. The molecule has 0 spiro atoms. The van der Waals surface area contributed by atoms with Crippen LogP contribution in [0.4, 0.5) is 5.69 Å². The molecule has 0 fully saturated rings. The van der Waals surface area contributed by atoms with Crippen LogP contribution in [-0.2, 0) is 10.4 Å². The molecule has 110 valence electrons. The number of carbonyl (C=O) groups excluding carboxylic acids is 2. The second-order valence-electron chi connectivity index (χ2n) is 5.05. The van der Waals surface area contributed by atoms with Crippen molar-refractivity contribution in [1.82, 2.24) is 0 Å². The van der Waals surface area contributed by atoms with E-state index < -0.39 is 23.7 Å². The molecule has 0 aliphatic carbocycles. The summed E-state index contributed by atoms with van der Waals surface area (Å²) in [5.74, 6) is 1.46. The maximum Gasteiger partial charge on any atom is 0.265 e. The highest BCUT2D eigenvalue weighted by Crippen LogP contribution is 2.42. The zero-order valence-electron chi connectivity index (χ0n) is 11.7. The lowest BCUT2D eigenvalue weighted by molar-refractivity contribution is -0.135. The van der Waals surface area contributed by atoms with E-state index >= 15 is 0 Å². The van der Waals surface area contributed by atoms with E-state index in [1.807, 2.05) is 0 Å². The van der Waals surface area contributed by atoms with Crippen molar-refractivity contribution in [3.05, 3.63) is 54.0 Å². The van der Waals surface area contributed by atoms with Gasteiger partial charge in [0.05, 0.1) is 24.9 Å². The van der Waals surface area contributed by atoms with Gasteiger partial charge in [0.25, 0.3) is 5.91 Å². The fourth-order valence-electron chi connectivity index (χ4n) is 2.68. The average molecular weight is 295 g/mol. The minimum Gasteiger partial charge on any atom is -0.461 e. The first-order valence-electron chi connectivity index (χ1n) is 6.72. The van der Waals surface area contributed by atoms with Crippen molar-refractivity contribution < 1.29 is 19.1 Å². The largest absolute Gasteiger partial charge is 0.461 e. The number of nitrogens with zero attached hydrogens (tertiary/aromatic N) is 1. The Morgan fingerprint density at radius 1 is 1.32 bits per heavy atom. The van der Waals surface area contributed by atoms with E-state index in [1.54, 1.807) is 30.3 Å². The summed E-state index contributed by atoms with van der Waals surface area (Å²) in [6.07, 6.45) is 6.26. The van der Waals surface area contributed by atoms with E-state index in [0.717, 1.165) is 0 Å². The van der Waals surface area contributed by atoms with Crippen LogP contribution < -0.4 is 4.90 Å². The van der Waals surface area contributed by atoms with Crippen LogP contribution in [0.3, 0.4) is 0 Å². The van der Waals surface area contributed by atoms with Crippen LogP contribution in [0.5, 0.6) is 0 Å². The van der Waals surface area contributed by atoms with E-state index in [2.05, 4.69) is 5.92 Å². The number of hydrogen-bond donors (Lipinski definition) is 1. The number of carbonyl (C=O) groups is 2. The molecule has 0 bridgehead atoms. The molecule has 1 N–H and O–H groups in total. The van der Waals surface area contributed by atoms with Crippen molar-refractivity contribution >= 4 is 17.4 Å². The maximum absolute atomic E-state index is 12.6. The monoisotopic (exact) mass is 295 g/mol. The Morgan fingerprint density at radius 2 is 2.09 bits per heavy atom. The predicted molar refractivity (Wildman–Crippen MR) is 79.2 cm³/mol. The molecule has 5 nitrogen and oxygen atoms in total. The summed E-state index contributed by atoms with van der Waals surface area (Å²) in [6, 6.07) is 9.84. The summed E-state index contributed by atoms with van der Waals surface area (Å²) in [5.41, 5.74) is -1.01. The highest BCUT2D eigenvalue weighted by Gasteiger charge is 2.50. The van der Waals surface area contributed by atoms with Crippen molar-refractivity contribution in [2.75, 3.05) is 11.4 Å². The van der Waals surface area contributed by atoms with Gasteiger partial charge in [-0.1, -0.05) is 24.1 Å². The Kier molecular flexibility index (Phi) is 3.32. The standard InChI is InChI=1S/C17H13NO4/c1-2-9-18-13-7-4-3-6-12(13)17(21,16(18)20)11-14(19)15-8-5-10-22-15/h1,3-8,10,21H,9,11H2/t17-/m0/s1. The normalized spacial score (nSPS) is 19.8. The van der Waals surface area contributed by atoms with E-state index in [4.69, 9.17) is 10.8 Å². The molecule has 0 unspecified atom stereocenters. The molecule has 1 amide bonds. The zero-order valence-corrected chi connectivity index (χ0v) is 11.7. The molecule has 3 rings (SSSR count). The molecule has 0 saturated carbocycles. The predicted octanol–water partition coefficient (Wildman–Crippen LogP) is 1.72. The topological polar surface area (TPSA) is 70.8 Å². The van der Waals surface area contributed by atoms with E-state index in [-0.39, 0.29) is 12.3 Å². The molecule has 2 heterocycles. The van der Waals surface area contributed by atoms with Crippen LogP contribution in [0.15, 0.2) is 47.1 Å². The molecule has 22 heavy (non-hydrogen) atoms. The third-order valence-corrected chi connectivity index (χ3v) is 3.70. The molecule has 0 radical (unpaired) electrons. The Balaban J connectivity index is 2.00. The quantitative estimate of drug-likeness (QED) is 0.688. The van der Waals surface area contributed by atoms with Crippen molar-refractivity contribution in [3.63, 3.8) is 0 Å². The number of hydrogen-bond acceptors (Lipinski definition) is 4. The van der Waals surface area contributed by atoms with Gasteiger partial charge in [0.15, 0.2) is 11.4 Å². The Bertz CT molecular complexity index is 772. The number of terminal acetylenes is 1. The Labute approximate surface area is 127 Å². The molecule has 2 aromatic rings. The molecule has 1 atom stereocenters. The fourth-order valence-corrected chi connectivity index (χ4v) is 2.68. The summed E-state index contributed by atoms with van der Waals surface area (Å²) in [4.78, 5) is 26.1. The molecular weight excluding hydrogens is 282 g/mol. The van der Waals surface area contributed by atoms with Crippen molar-refractivity contribution in [1.29, 1.82) is 0 Å². The highest BCUT2D eigenvalue weighted by atomic mass is 16.3. The van der Waals surface area contributed by atoms with E-state index in [1.165, 1.54) is 17.2 Å². The number of amides is 1. The number of aliphatic hydroxyl groups is 1. The number of para-hydroxylation sites is 1. The van der Waals surface area contributed by atoms with Crippen molar-refractivity contribution in [3.8, 4) is 12.3 Å². The SMILES string of the molecule is C#CCN1C(=O)[C@](O)(CC(=O)c2ccco2)c2ccccc21. The minimum atomic E-state index is -1.92.